The molecule has 0 fully saturated rings. The predicted octanol–water partition coefficient (Wildman–Crippen LogP) is 1.80. The zero-order valence-corrected chi connectivity index (χ0v) is 8.54. The summed E-state index contributed by atoms with van der Waals surface area (Å²) in [7, 11) is 0. The van der Waals surface area contributed by atoms with Gasteiger partial charge in [-0.25, -0.2) is 0 Å². The molecule has 0 spiro atoms. The molecule has 0 unspecified atom stereocenters. The van der Waals surface area contributed by atoms with Crippen LogP contribution in [0.1, 0.15) is 22.8 Å². The number of Topliss-reactive ketones (excluding diaryl/α,β-unsaturated/α-hetero) is 1. The second kappa shape index (κ2) is 4.77. The number of rotatable bonds is 4. The van der Waals surface area contributed by atoms with Crippen molar-refractivity contribution in [1.29, 1.82) is 0 Å². The normalized spacial score (nSPS) is 10.1. The van der Waals surface area contributed by atoms with E-state index in [-0.39, 0.29) is 12.4 Å². The van der Waals surface area contributed by atoms with Crippen molar-refractivity contribution < 1.29 is 9.53 Å². The lowest BCUT2D eigenvalue weighted by Gasteiger charge is -2.05. The van der Waals surface area contributed by atoms with Gasteiger partial charge in [0.25, 0.3) is 0 Å². The Morgan fingerprint density at radius 1 is 1.50 bits per heavy atom. The molecule has 3 nitrogen and oxygen atoms in total. The fourth-order valence-electron chi connectivity index (χ4n) is 1.18. The van der Waals surface area contributed by atoms with Gasteiger partial charge in [0.2, 0.25) is 0 Å². The minimum Gasteiger partial charge on any atom is -0.398 e. The molecule has 0 aliphatic rings. The highest BCUT2D eigenvalue weighted by molar-refractivity contribution is 6.01. The van der Waals surface area contributed by atoms with Crippen LogP contribution in [0.4, 0.5) is 5.69 Å². The molecule has 3 heteroatoms. The molecule has 0 aromatic heterocycles. The molecule has 0 atom stereocenters. The fourth-order valence-corrected chi connectivity index (χ4v) is 1.18. The average Bonchev–Trinajstić information content (AvgIpc) is 2.18. The Morgan fingerprint density at radius 3 is 2.86 bits per heavy atom. The van der Waals surface area contributed by atoms with Crippen molar-refractivity contribution >= 4 is 11.5 Å². The fraction of sp³-hybridized carbons (Fsp3) is 0.364. The third-order valence-electron chi connectivity index (χ3n) is 1.95. The van der Waals surface area contributed by atoms with Gasteiger partial charge in [-0.2, -0.15) is 0 Å². The third kappa shape index (κ3) is 2.57. The van der Waals surface area contributed by atoms with Crippen LogP contribution in [0.25, 0.3) is 0 Å². The molecular weight excluding hydrogens is 178 g/mol. The monoisotopic (exact) mass is 193 g/mol. The number of aryl methyl sites for hydroxylation is 1. The Hall–Kier alpha value is -1.35. The topological polar surface area (TPSA) is 52.3 Å². The summed E-state index contributed by atoms with van der Waals surface area (Å²) in [5.74, 6) is -0.0620. The van der Waals surface area contributed by atoms with E-state index in [4.69, 9.17) is 10.5 Å². The molecule has 0 aliphatic heterocycles. The molecule has 0 saturated heterocycles. The van der Waals surface area contributed by atoms with Gasteiger partial charge in [-0.3, -0.25) is 4.79 Å². The molecule has 2 N–H and O–H groups in total. The summed E-state index contributed by atoms with van der Waals surface area (Å²) in [5.41, 5.74) is 7.78. The second-order valence-corrected chi connectivity index (χ2v) is 3.15. The molecule has 76 valence electrons. The zero-order chi connectivity index (χ0) is 10.6. The molecule has 14 heavy (non-hydrogen) atoms. The highest BCUT2D eigenvalue weighted by Gasteiger charge is 2.09. The molecule has 1 aromatic rings. The highest BCUT2D eigenvalue weighted by Crippen LogP contribution is 2.14. The number of carbonyl (C=O) groups is 1. The Kier molecular flexibility index (Phi) is 3.65. The molecule has 0 aliphatic carbocycles. The van der Waals surface area contributed by atoms with E-state index in [1.807, 2.05) is 19.9 Å². The van der Waals surface area contributed by atoms with Gasteiger partial charge in [0, 0.05) is 17.9 Å². The molecule has 0 bridgehead atoms. The minimum absolute atomic E-state index is 0.0620. The van der Waals surface area contributed by atoms with Crippen molar-refractivity contribution in [2.45, 2.75) is 13.8 Å². The van der Waals surface area contributed by atoms with Gasteiger partial charge in [0.1, 0.15) is 6.61 Å². The van der Waals surface area contributed by atoms with Gasteiger partial charge in [0.05, 0.1) is 0 Å². The van der Waals surface area contributed by atoms with Gasteiger partial charge in [-0.05, 0) is 26.0 Å². The number of nitrogens with two attached hydrogens (primary N) is 1. The molecule has 0 amide bonds. The molecule has 0 saturated carbocycles. The van der Waals surface area contributed by atoms with Gasteiger partial charge in [-0.1, -0.05) is 11.6 Å². The largest absolute Gasteiger partial charge is 0.398 e. The van der Waals surface area contributed by atoms with Crippen LogP contribution in [-0.4, -0.2) is 19.0 Å². The molecule has 1 aromatic carbocycles. The second-order valence-electron chi connectivity index (χ2n) is 3.15. The van der Waals surface area contributed by atoms with Crippen molar-refractivity contribution in [2.24, 2.45) is 0 Å². The summed E-state index contributed by atoms with van der Waals surface area (Å²) < 4.78 is 5.04. The Morgan fingerprint density at radius 2 is 2.21 bits per heavy atom. The number of ketones is 1. The maximum atomic E-state index is 11.6. The van der Waals surface area contributed by atoms with Gasteiger partial charge in [-0.15, -0.1) is 0 Å². The number of anilines is 1. The predicted molar refractivity (Wildman–Crippen MR) is 56.4 cm³/mol. The number of nitrogen functional groups attached to an aromatic ring is 1. The maximum absolute atomic E-state index is 11.6. The number of hydrogen-bond acceptors (Lipinski definition) is 3. The van der Waals surface area contributed by atoms with E-state index < -0.39 is 0 Å². The van der Waals surface area contributed by atoms with Crippen molar-refractivity contribution in [2.75, 3.05) is 18.9 Å². The summed E-state index contributed by atoms with van der Waals surface area (Å²) in [6.45, 7) is 4.42. The lowest BCUT2D eigenvalue weighted by Crippen LogP contribution is -2.11. The van der Waals surface area contributed by atoms with Crippen LogP contribution in [0.15, 0.2) is 18.2 Å². The van der Waals surface area contributed by atoms with Crippen LogP contribution in [0.5, 0.6) is 0 Å². The summed E-state index contributed by atoms with van der Waals surface area (Å²) >= 11 is 0. The summed E-state index contributed by atoms with van der Waals surface area (Å²) in [4.78, 5) is 11.6. The average molecular weight is 193 g/mol. The van der Waals surface area contributed by atoms with E-state index in [2.05, 4.69) is 0 Å². The van der Waals surface area contributed by atoms with Crippen molar-refractivity contribution in [3.63, 3.8) is 0 Å². The quantitative estimate of drug-likeness (QED) is 0.586. The first-order chi connectivity index (χ1) is 6.65. The highest BCUT2D eigenvalue weighted by atomic mass is 16.5. The van der Waals surface area contributed by atoms with Gasteiger partial charge in [0.15, 0.2) is 5.78 Å². The maximum Gasteiger partial charge on any atom is 0.190 e. The van der Waals surface area contributed by atoms with Crippen LogP contribution in [0, 0.1) is 6.92 Å². The molecule has 1 rings (SSSR count). The lowest BCUT2D eigenvalue weighted by atomic mass is 10.1. The van der Waals surface area contributed by atoms with Crippen molar-refractivity contribution in [3.05, 3.63) is 29.3 Å². The Labute approximate surface area is 83.9 Å². The Balaban J connectivity index is 2.83. The van der Waals surface area contributed by atoms with Crippen molar-refractivity contribution in [3.8, 4) is 0 Å². The van der Waals surface area contributed by atoms with E-state index in [1.54, 1.807) is 12.1 Å². The summed E-state index contributed by atoms with van der Waals surface area (Å²) in [6, 6.07) is 5.41. The van der Waals surface area contributed by atoms with Crippen LogP contribution < -0.4 is 5.73 Å². The number of carbonyl (C=O) groups excluding carboxylic acids is 1. The molecular formula is C11H15NO2. The Bertz CT molecular complexity index is 334. The number of benzene rings is 1. The molecule has 0 radical (unpaired) electrons. The SMILES string of the molecule is CCOCC(=O)c1cc(C)ccc1N. The minimum atomic E-state index is -0.0620. The van der Waals surface area contributed by atoms with E-state index in [0.29, 0.717) is 17.9 Å². The first-order valence-corrected chi connectivity index (χ1v) is 4.62. The first-order valence-electron chi connectivity index (χ1n) is 4.62. The van der Waals surface area contributed by atoms with Gasteiger partial charge < -0.3 is 10.5 Å². The van der Waals surface area contributed by atoms with Gasteiger partial charge >= 0.3 is 0 Å². The van der Waals surface area contributed by atoms with E-state index in [0.717, 1.165) is 5.56 Å². The molecule has 0 heterocycles. The standard InChI is InChI=1S/C11H15NO2/c1-3-14-7-11(13)9-6-8(2)4-5-10(9)12/h4-6H,3,7,12H2,1-2H3. The van der Waals surface area contributed by atoms with Crippen LogP contribution in [0.3, 0.4) is 0 Å². The summed E-state index contributed by atoms with van der Waals surface area (Å²) in [5, 5.41) is 0. The van der Waals surface area contributed by atoms with E-state index in [9.17, 15) is 4.79 Å². The first kappa shape index (κ1) is 10.7. The number of ether oxygens (including phenoxy) is 1. The van der Waals surface area contributed by atoms with Crippen LogP contribution in [0.2, 0.25) is 0 Å². The lowest BCUT2D eigenvalue weighted by molar-refractivity contribution is 0.0784. The van der Waals surface area contributed by atoms with Crippen molar-refractivity contribution in [1.82, 2.24) is 0 Å². The third-order valence-corrected chi connectivity index (χ3v) is 1.95. The van der Waals surface area contributed by atoms with Crippen LogP contribution in [-0.2, 0) is 4.74 Å². The van der Waals surface area contributed by atoms with E-state index in [1.165, 1.54) is 0 Å². The summed E-state index contributed by atoms with van der Waals surface area (Å²) in [6.07, 6.45) is 0. The smallest absolute Gasteiger partial charge is 0.190 e. The zero-order valence-electron chi connectivity index (χ0n) is 8.54. The van der Waals surface area contributed by atoms with E-state index >= 15 is 0 Å². The van der Waals surface area contributed by atoms with Crippen LogP contribution >= 0.6 is 0 Å². The number of hydrogen-bond donors (Lipinski definition) is 1.